The van der Waals surface area contributed by atoms with E-state index in [-0.39, 0.29) is 27.8 Å². The molecule has 1 amide bonds. The maximum Gasteiger partial charge on any atom is 0.433 e. The SMILES string of the molecule is Cc1cc(N2C[C@@H](C(=O)Nc3ccnc(Cl)c3)O[C@@H]2C(F)(F)F)ccc1[N+](=O)[O-]. The summed E-state index contributed by atoms with van der Waals surface area (Å²) in [6, 6.07) is 6.33. The van der Waals surface area contributed by atoms with Crippen LogP contribution in [0.15, 0.2) is 36.5 Å². The van der Waals surface area contributed by atoms with Crippen molar-refractivity contribution < 1.29 is 27.6 Å². The molecule has 0 aliphatic carbocycles. The van der Waals surface area contributed by atoms with Crippen LogP contribution in [0.4, 0.5) is 30.2 Å². The molecule has 12 heteroatoms. The first-order valence-electron chi connectivity index (χ1n) is 8.22. The van der Waals surface area contributed by atoms with Crippen LogP contribution in [0.5, 0.6) is 0 Å². The zero-order chi connectivity index (χ0) is 21.3. The second-order valence-electron chi connectivity index (χ2n) is 6.26. The van der Waals surface area contributed by atoms with Gasteiger partial charge in [0.1, 0.15) is 5.15 Å². The molecule has 2 aromatic rings. The second kappa shape index (κ2) is 7.84. The number of aryl methyl sites for hydroxylation is 1. The van der Waals surface area contributed by atoms with Crippen molar-refractivity contribution in [2.45, 2.75) is 25.4 Å². The van der Waals surface area contributed by atoms with Gasteiger partial charge in [-0.05, 0) is 31.2 Å². The van der Waals surface area contributed by atoms with Crippen LogP contribution in [0.2, 0.25) is 5.15 Å². The third-order valence-corrected chi connectivity index (χ3v) is 4.42. The Balaban J connectivity index is 1.84. The normalized spacial score (nSPS) is 19.3. The topological polar surface area (TPSA) is 97.6 Å². The highest BCUT2D eigenvalue weighted by Crippen LogP contribution is 2.36. The third-order valence-electron chi connectivity index (χ3n) is 4.21. The number of carbonyl (C=O) groups excluding carboxylic acids is 1. The molecule has 1 aromatic carbocycles. The number of carbonyl (C=O) groups is 1. The van der Waals surface area contributed by atoms with E-state index in [4.69, 9.17) is 16.3 Å². The van der Waals surface area contributed by atoms with Gasteiger partial charge < -0.3 is 15.0 Å². The number of ether oxygens (including phenoxy) is 1. The Kier molecular flexibility index (Phi) is 5.62. The molecule has 0 bridgehead atoms. The number of nitrogens with one attached hydrogen (secondary N) is 1. The Morgan fingerprint density at radius 3 is 2.69 bits per heavy atom. The van der Waals surface area contributed by atoms with E-state index in [9.17, 15) is 28.1 Å². The van der Waals surface area contributed by atoms with E-state index in [1.54, 1.807) is 0 Å². The molecule has 0 spiro atoms. The van der Waals surface area contributed by atoms with Crippen LogP contribution in [0.3, 0.4) is 0 Å². The van der Waals surface area contributed by atoms with Crippen molar-refractivity contribution in [3.8, 4) is 0 Å². The number of alkyl halides is 3. The summed E-state index contributed by atoms with van der Waals surface area (Å²) in [5.74, 6) is -0.789. The Bertz CT molecular complexity index is 957. The van der Waals surface area contributed by atoms with Gasteiger partial charge >= 0.3 is 6.18 Å². The molecule has 1 N–H and O–H groups in total. The first-order chi connectivity index (χ1) is 13.6. The molecular weight excluding hydrogens is 417 g/mol. The van der Waals surface area contributed by atoms with E-state index in [2.05, 4.69) is 10.3 Å². The number of hydrogen-bond acceptors (Lipinski definition) is 6. The molecule has 1 saturated heterocycles. The van der Waals surface area contributed by atoms with Crippen LogP contribution in [0.25, 0.3) is 0 Å². The van der Waals surface area contributed by atoms with E-state index in [1.165, 1.54) is 37.4 Å². The molecule has 0 unspecified atom stereocenters. The molecule has 0 radical (unpaired) electrons. The zero-order valence-electron chi connectivity index (χ0n) is 14.8. The summed E-state index contributed by atoms with van der Waals surface area (Å²) < 4.78 is 45.4. The molecule has 0 saturated carbocycles. The van der Waals surface area contributed by atoms with Gasteiger partial charge in [0.05, 0.1) is 11.5 Å². The maximum atomic E-state index is 13.5. The first kappa shape index (κ1) is 20.8. The molecule has 1 aromatic heterocycles. The lowest BCUT2D eigenvalue weighted by Gasteiger charge is -2.26. The molecule has 1 aliphatic rings. The molecule has 29 heavy (non-hydrogen) atoms. The van der Waals surface area contributed by atoms with E-state index < -0.39 is 35.9 Å². The number of hydrogen-bond donors (Lipinski definition) is 1. The fourth-order valence-corrected chi connectivity index (χ4v) is 3.09. The number of rotatable bonds is 4. The molecule has 154 valence electrons. The number of nitro groups is 1. The summed E-state index contributed by atoms with van der Waals surface area (Å²) in [4.78, 5) is 27.3. The third kappa shape index (κ3) is 4.57. The minimum atomic E-state index is -4.79. The molecular formula is C17H14ClF3N4O4. The largest absolute Gasteiger partial charge is 0.433 e. The predicted molar refractivity (Wildman–Crippen MR) is 97.8 cm³/mol. The van der Waals surface area contributed by atoms with Crippen LogP contribution in [-0.2, 0) is 9.53 Å². The second-order valence-corrected chi connectivity index (χ2v) is 6.64. The van der Waals surface area contributed by atoms with Gasteiger partial charge in [-0.15, -0.1) is 0 Å². The van der Waals surface area contributed by atoms with Gasteiger partial charge in [-0.1, -0.05) is 11.6 Å². The quantitative estimate of drug-likeness (QED) is 0.451. The fraction of sp³-hybridized carbons (Fsp3) is 0.294. The number of aromatic nitrogens is 1. The molecule has 3 rings (SSSR count). The predicted octanol–water partition coefficient (Wildman–Crippen LogP) is 3.68. The molecule has 2 atom stereocenters. The lowest BCUT2D eigenvalue weighted by Crippen LogP contribution is -2.42. The molecule has 8 nitrogen and oxygen atoms in total. The van der Waals surface area contributed by atoms with Crippen LogP contribution in [-0.4, -0.2) is 40.9 Å². The lowest BCUT2D eigenvalue weighted by atomic mass is 10.1. The van der Waals surface area contributed by atoms with Crippen LogP contribution >= 0.6 is 11.6 Å². The molecule has 1 fully saturated rings. The average molecular weight is 431 g/mol. The van der Waals surface area contributed by atoms with Crippen molar-refractivity contribution >= 4 is 34.6 Å². The highest BCUT2D eigenvalue weighted by atomic mass is 35.5. The van der Waals surface area contributed by atoms with E-state index in [0.29, 0.717) is 0 Å². The van der Waals surface area contributed by atoms with Crippen LogP contribution in [0, 0.1) is 17.0 Å². The summed E-state index contributed by atoms with van der Waals surface area (Å²) in [6.07, 6.45) is -7.26. The summed E-state index contributed by atoms with van der Waals surface area (Å²) in [5.41, 5.74) is 0.276. The number of anilines is 2. The smallest absolute Gasteiger partial charge is 0.335 e. The van der Waals surface area contributed by atoms with Gasteiger partial charge in [-0.2, -0.15) is 13.2 Å². The van der Waals surface area contributed by atoms with Crippen molar-refractivity contribution in [1.82, 2.24) is 4.98 Å². The number of pyridine rings is 1. The van der Waals surface area contributed by atoms with Crippen molar-refractivity contribution in [1.29, 1.82) is 0 Å². The Morgan fingerprint density at radius 1 is 1.38 bits per heavy atom. The van der Waals surface area contributed by atoms with Crippen LogP contribution in [0.1, 0.15) is 5.56 Å². The lowest BCUT2D eigenvalue weighted by molar-refractivity contribution is -0.385. The fourth-order valence-electron chi connectivity index (χ4n) is 2.91. The monoisotopic (exact) mass is 430 g/mol. The van der Waals surface area contributed by atoms with E-state index in [1.807, 2.05) is 0 Å². The average Bonchev–Trinajstić information content (AvgIpc) is 3.07. The number of nitro benzene ring substituents is 1. The van der Waals surface area contributed by atoms with Gasteiger partial charge in [0.15, 0.2) is 6.10 Å². The number of benzene rings is 1. The van der Waals surface area contributed by atoms with Gasteiger partial charge in [-0.3, -0.25) is 14.9 Å². The summed E-state index contributed by atoms with van der Waals surface area (Å²) in [5, 5.41) is 13.5. The van der Waals surface area contributed by atoms with Crippen molar-refractivity contribution in [2.75, 3.05) is 16.8 Å². The molecule has 1 aliphatic heterocycles. The van der Waals surface area contributed by atoms with E-state index >= 15 is 0 Å². The minimum Gasteiger partial charge on any atom is -0.335 e. The van der Waals surface area contributed by atoms with Gasteiger partial charge in [0.25, 0.3) is 11.6 Å². The van der Waals surface area contributed by atoms with Gasteiger partial charge in [-0.25, -0.2) is 4.98 Å². The van der Waals surface area contributed by atoms with E-state index in [0.717, 1.165) is 11.0 Å². The van der Waals surface area contributed by atoms with Gasteiger partial charge in [0.2, 0.25) is 6.23 Å². The highest BCUT2D eigenvalue weighted by Gasteiger charge is 2.52. The van der Waals surface area contributed by atoms with Gasteiger partial charge in [0, 0.05) is 29.2 Å². The number of nitrogens with zero attached hydrogens (tertiary/aromatic N) is 3. The number of halogens is 4. The minimum absolute atomic E-state index is 0.0534. The summed E-state index contributed by atoms with van der Waals surface area (Å²) >= 11 is 5.73. The highest BCUT2D eigenvalue weighted by molar-refractivity contribution is 6.29. The van der Waals surface area contributed by atoms with Crippen LogP contribution < -0.4 is 10.2 Å². The zero-order valence-corrected chi connectivity index (χ0v) is 15.6. The standard InChI is InChI=1S/C17H14ClF3N4O4/c1-9-6-11(2-3-12(9)25(27)28)24-8-13(29-16(24)17(19,20)21)15(26)23-10-4-5-22-14(18)7-10/h2-7,13,16H,8H2,1H3,(H,22,23,26)/t13-,16+/m0/s1. The number of amides is 1. The Morgan fingerprint density at radius 2 is 2.10 bits per heavy atom. The van der Waals surface area contributed by atoms with Crippen molar-refractivity contribution in [3.63, 3.8) is 0 Å². The summed E-state index contributed by atoms with van der Waals surface area (Å²) in [7, 11) is 0. The maximum absolute atomic E-state index is 13.5. The summed E-state index contributed by atoms with van der Waals surface area (Å²) in [6.45, 7) is 1.02. The molecule has 2 heterocycles. The Labute approximate surface area is 167 Å². The van der Waals surface area contributed by atoms with Crippen molar-refractivity contribution in [2.24, 2.45) is 0 Å². The van der Waals surface area contributed by atoms with Crippen molar-refractivity contribution in [3.05, 3.63) is 57.4 Å². The Hall–Kier alpha value is -2.92. The first-order valence-corrected chi connectivity index (χ1v) is 8.60.